The molecular formula is C27H33FN2O5. The van der Waals surface area contributed by atoms with Crippen LogP contribution in [0.15, 0.2) is 36.4 Å². The fourth-order valence-electron chi connectivity index (χ4n) is 5.26. The summed E-state index contributed by atoms with van der Waals surface area (Å²) in [7, 11) is 4.65. The van der Waals surface area contributed by atoms with Gasteiger partial charge in [0.1, 0.15) is 5.82 Å². The minimum Gasteiger partial charge on any atom is -0.493 e. The summed E-state index contributed by atoms with van der Waals surface area (Å²) in [6.07, 6.45) is 3.96. The van der Waals surface area contributed by atoms with E-state index in [9.17, 15) is 14.0 Å². The normalized spacial score (nSPS) is 20.1. The Bertz CT molecular complexity index is 1030. The number of halogens is 1. The van der Waals surface area contributed by atoms with E-state index in [2.05, 4.69) is 5.32 Å². The van der Waals surface area contributed by atoms with Crippen molar-refractivity contribution >= 4 is 11.8 Å². The highest BCUT2D eigenvalue weighted by Crippen LogP contribution is 2.43. The molecule has 7 nitrogen and oxygen atoms in total. The molecule has 1 aliphatic heterocycles. The van der Waals surface area contributed by atoms with Gasteiger partial charge in [-0.2, -0.15) is 0 Å². The van der Waals surface area contributed by atoms with Gasteiger partial charge in [0.2, 0.25) is 17.6 Å². The van der Waals surface area contributed by atoms with Crippen LogP contribution >= 0.6 is 0 Å². The summed E-state index contributed by atoms with van der Waals surface area (Å²) in [4.78, 5) is 28.5. The van der Waals surface area contributed by atoms with Crippen molar-refractivity contribution in [1.82, 2.24) is 10.2 Å². The molecule has 2 aromatic rings. The summed E-state index contributed by atoms with van der Waals surface area (Å²) >= 11 is 0. The zero-order valence-corrected chi connectivity index (χ0v) is 20.5. The molecule has 2 aliphatic rings. The molecule has 4 rings (SSSR count). The molecule has 2 fully saturated rings. The molecule has 188 valence electrons. The monoisotopic (exact) mass is 484 g/mol. The number of nitrogens with zero attached hydrogens (tertiary/aromatic N) is 1. The smallest absolute Gasteiger partial charge is 0.225 e. The lowest BCUT2D eigenvalue weighted by atomic mass is 9.87. The minimum absolute atomic E-state index is 0.0385. The highest BCUT2D eigenvalue weighted by Gasteiger charge is 2.42. The van der Waals surface area contributed by atoms with Crippen LogP contribution in [0.25, 0.3) is 0 Å². The fourth-order valence-corrected chi connectivity index (χ4v) is 5.26. The van der Waals surface area contributed by atoms with E-state index in [-0.39, 0.29) is 36.0 Å². The second-order valence-electron chi connectivity index (χ2n) is 9.24. The number of hydrogen-bond acceptors (Lipinski definition) is 5. The van der Waals surface area contributed by atoms with Crippen molar-refractivity contribution in [2.75, 3.05) is 34.4 Å². The number of nitrogens with one attached hydrogen (secondary N) is 1. The summed E-state index contributed by atoms with van der Waals surface area (Å²) in [6.45, 7) is 1.09. The van der Waals surface area contributed by atoms with Crippen LogP contribution in [0.2, 0.25) is 0 Å². The number of hydrogen-bond donors (Lipinski definition) is 1. The lowest BCUT2D eigenvalue weighted by Gasteiger charge is -2.21. The Hall–Kier alpha value is -3.29. The molecule has 2 aromatic carbocycles. The van der Waals surface area contributed by atoms with Crippen LogP contribution in [-0.2, 0) is 16.1 Å². The predicted octanol–water partition coefficient (Wildman–Crippen LogP) is 3.90. The third-order valence-corrected chi connectivity index (χ3v) is 7.17. The highest BCUT2D eigenvalue weighted by molar-refractivity contribution is 5.84. The molecule has 1 saturated heterocycles. The van der Waals surface area contributed by atoms with E-state index >= 15 is 0 Å². The van der Waals surface area contributed by atoms with Crippen LogP contribution in [-0.4, -0.2) is 51.1 Å². The van der Waals surface area contributed by atoms with Gasteiger partial charge >= 0.3 is 0 Å². The van der Waals surface area contributed by atoms with E-state index in [1.54, 1.807) is 33.5 Å². The topological polar surface area (TPSA) is 77.1 Å². The van der Waals surface area contributed by atoms with Crippen molar-refractivity contribution < 1.29 is 28.2 Å². The first kappa shape index (κ1) is 24.8. The van der Waals surface area contributed by atoms with Gasteiger partial charge in [-0.3, -0.25) is 9.59 Å². The van der Waals surface area contributed by atoms with E-state index in [1.807, 2.05) is 17.0 Å². The Kier molecular flexibility index (Phi) is 7.78. The molecule has 8 heteroatoms. The van der Waals surface area contributed by atoms with E-state index in [0.717, 1.165) is 36.8 Å². The summed E-state index contributed by atoms with van der Waals surface area (Å²) in [5, 5.41) is 2.98. The SMILES string of the molecule is COc1cc(C2CN(C(=O)C3CCCC3)CC2C(=O)NCc2ccc(F)cc2)cc(OC)c1OC. The van der Waals surface area contributed by atoms with Gasteiger partial charge in [-0.15, -0.1) is 0 Å². The maximum Gasteiger partial charge on any atom is 0.225 e. The molecule has 0 aromatic heterocycles. The minimum atomic E-state index is -0.441. The average molecular weight is 485 g/mol. The summed E-state index contributed by atoms with van der Waals surface area (Å²) in [6, 6.07) is 9.76. The molecule has 1 aliphatic carbocycles. The first-order chi connectivity index (χ1) is 16.9. The molecule has 0 radical (unpaired) electrons. The Balaban J connectivity index is 1.60. The van der Waals surface area contributed by atoms with E-state index < -0.39 is 5.92 Å². The van der Waals surface area contributed by atoms with Gasteiger partial charge in [-0.05, 0) is 48.2 Å². The number of methoxy groups -OCH3 is 3. The van der Waals surface area contributed by atoms with Crippen molar-refractivity contribution in [2.24, 2.45) is 11.8 Å². The number of amides is 2. The van der Waals surface area contributed by atoms with Crippen LogP contribution < -0.4 is 19.5 Å². The van der Waals surface area contributed by atoms with Crippen molar-refractivity contribution in [1.29, 1.82) is 0 Å². The van der Waals surface area contributed by atoms with E-state index in [4.69, 9.17) is 14.2 Å². The number of likely N-dealkylation sites (tertiary alicyclic amines) is 1. The molecule has 0 bridgehead atoms. The lowest BCUT2D eigenvalue weighted by molar-refractivity contribution is -0.134. The van der Waals surface area contributed by atoms with Gasteiger partial charge in [-0.25, -0.2) is 4.39 Å². The van der Waals surface area contributed by atoms with E-state index in [1.165, 1.54) is 12.1 Å². The number of carbonyl (C=O) groups is 2. The largest absolute Gasteiger partial charge is 0.493 e. The lowest BCUT2D eigenvalue weighted by Crippen LogP contribution is -2.36. The Morgan fingerprint density at radius 2 is 1.60 bits per heavy atom. The third-order valence-electron chi connectivity index (χ3n) is 7.17. The quantitative estimate of drug-likeness (QED) is 0.615. The van der Waals surface area contributed by atoms with Gasteiger partial charge in [-0.1, -0.05) is 25.0 Å². The van der Waals surface area contributed by atoms with Gasteiger partial charge in [0, 0.05) is 31.5 Å². The Labute approximate surface area is 205 Å². The van der Waals surface area contributed by atoms with Crippen molar-refractivity contribution in [3.8, 4) is 17.2 Å². The Morgan fingerprint density at radius 1 is 0.971 bits per heavy atom. The van der Waals surface area contributed by atoms with Crippen molar-refractivity contribution in [3.05, 3.63) is 53.3 Å². The average Bonchev–Trinajstić information content (AvgIpc) is 3.58. The summed E-state index contributed by atoms with van der Waals surface area (Å²) in [5.74, 6) is 0.527. The second kappa shape index (κ2) is 11.0. The van der Waals surface area contributed by atoms with Gasteiger partial charge in [0.15, 0.2) is 11.5 Å². The number of carbonyl (C=O) groups excluding carboxylic acids is 2. The molecule has 35 heavy (non-hydrogen) atoms. The van der Waals surface area contributed by atoms with Crippen molar-refractivity contribution in [3.63, 3.8) is 0 Å². The standard InChI is InChI=1S/C27H33FN2O5/c1-33-23-12-19(13-24(34-2)25(23)35-3)21-15-30(27(32)18-6-4-5-7-18)16-22(21)26(31)29-14-17-8-10-20(28)11-9-17/h8-13,18,21-22H,4-7,14-16H2,1-3H3,(H,29,31). The predicted molar refractivity (Wildman–Crippen MR) is 129 cm³/mol. The first-order valence-corrected chi connectivity index (χ1v) is 12.1. The van der Waals surface area contributed by atoms with E-state index in [0.29, 0.717) is 30.3 Å². The molecule has 1 N–H and O–H groups in total. The van der Waals surface area contributed by atoms with Crippen LogP contribution in [0.5, 0.6) is 17.2 Å². The molecular weight excluding hydrogens is 451 g/mol. The highest BCUT2D eigenvalue weighted by atomic mass is 19.1. The summed E-state index contributed by atoms with van der Waals surface area (Å²) < 4.78 is 29.7. The molecule has 2 amide bonds. The maximum absolute atomic E-state index is 13.4. The molecule has 2 unspecified atom stereocenters. The van der Waals surface area contributed by atoms with Gasteiger partial charge in [0.05, 0.1) is 27.2 Å². The van der Waals surface area contributed by atoms with Crippen LogP contribution in [0.3, 0.4) is 0 Å². The first-order valence-electron chi connectivity index (χ1n) is 12.1. The Morgan fingerprint density at radius 3 is 2.17 bits per heavy atom. The van der Waals surface area contributed by atoms with Crippen LogP contribution in [0, 0.1) is 17.7 Å². The zero-order valence-electron chi connectivity index (χ0n) is 20.5. The zero-order chi connectivity index (χ0) is 24.9. The molecule has 2 atom stereocenters. The third kappa shape index (κ3) is 5.36. The summed E-state index contributed by atoms with van der Waals surface area (Å²) in [5.41, 5.74) is 1.66. The van der Waals surface area contributed by atoms with Gasteiger partial charge in [0.25, 0.3) is 0 Å². The number of benzene rings is 2. The molecule has 1 saturated carbocycles. The van der Waals surface area contributed by atoms with Crippen LogP contribution in [0.4, 0.5) is 4.39 Å². The maximum atomic E-state index is 13.4. The molecule has 1 heterocycles. The fraction of sp³-hybridized carbons (Fsp3) is 0.481. The van der Waals surface area contributed by atoms with Crippen LogP contribution in [0.1, 0.15) is 42.7 Å². The number of rotatable bonds is 8. The number of ether oxygens (including phenoxy) is 3. The van der Waals surface area contributed by atoms with Crippen molar-refractivity contribution in [2.45, 2.75) is 38.1 Å². The van der Waals surface area contributed by atoms with Gasteiger partial charge < -0.3 is 24.4 Å². The second-order valence-corrected chi connectivity index (χ2v) is 9.24. The molecule has 0 spiro atoms.